The van der Waals surface area contributed by atoms with Gasteiger partial charge in [0.15, 0.2) is 0 Å². The van der Waals surface area contributed by atoms with Crippen LogP contribution in [0.15, 0.2) is 54.6 Å². The number of hydrogen-bond donors (Lipinski definition) is 1. The molecule has 160 valence electrons. The number of nitrogens with zero attached hydrogens (tertiary/aromatic N) is 1. The summed E-state index contributed by atoms with van der Waals surface area (Å²) in [7, 11) is 0. The Morgan fingerprint density at radius 2 is 1.53 bits per heavy atom. The van der Waals surface area contributed by atoms with Gasteiger partial charge in [-0.1, -0.05) is 56.0 Å². The van der Waals surface area contributed by atoms with Gasteiger partial charge in [-0.25, -0.2) is 0 Å². The molecule has 1 saturated heterocycles. The second-order valence-electron chi connectivity index (χ2n) is 8.74. The van der Waals surface area contributed by atoms with Gasteiger partial charge in [0.25, 0.3) is 0 Å². The van der Waals surface area contributed by atoms with Crippen LogP contribution in [0, 0.1) is 0 Å². The number of anilines is 1. The smallest absolute Gasteiger partial charge is 0.235 e. The van der Waals surface area contributed by atoms with Crippen LogP contribution < -0.4 is 10.1 Å². The highest BCUT2D eigenvalue weighted by atomic mass is 16.5. The summed E-state index contributed by atoms with van der Waals surface area (Å²) in [5, 5.41) is 3.18. The normalized spacial score (nSPS) is 19.2. The first-order chi connectivity index (χ1) is 14.8. The number of rotatable bonds is 7. The third-order valence-electron chi connectivity index (χ3n) is 6.71. The lowest BCUT2D eigenvalue weighted by atomic mass is 9.68. The van der Waals surface area contributed by atoms with Crippen molar-refractivity contribution in [2.24, 2.45) is 0 Å². The predicted molar refractivity (Wildman–Crippen MR) is 122 cm³/mol. The molecule has 2 aliphatic rings. The van der Waals surface area contributed by atoms with E-state index in [-0.39, 0.29) is 5.91 Å². The van der Waals surface area contributed by atoms with Crippen molar-refractivity contribution in [2.75, 3.05) is 31.6 Å². The molecule has 1 aliphatic heterocycles. The zero-order valence-electron chi connectivity index (χ0n) is 17.9. The molecule has 0 bridgehead atoms. The first-order valence-corrected chi connectivity index (χ1v) is 11.6. The highest BCUT2D eigenvalue weighted by molar-refractivity contribution is 5.99. The molecule has 1 aliphatic carbocycles. The molecule has 0 atom stereocenters. The molecule has 0 unspecified atom stereocenters. The van der Waals surface area contributed by atoms with Crippen LogP contribution in [-0.2, 0) is 10.2 Å². The topological polar surface area (TPSA) is 41.6 Å². The zero-order valence-corrected chi connectivity index (χ0v) is 17.9. The van der Waals surface area contributed by atoms with E-state index in [0.717, 1.165) is 49.2 Å². The summed E-state index contributed by atoms with van der Waals surface area (Å²) in [6.45, 7) is 4.08. The first-order valence-electron chi connectivity index (χ1n) is 11.6. The first kappa shape index (κ1) is 20.9. The molecule has 1 N–H and O–H groups in total. The van der Waals surface area contributed by atoms with E-state index >= 15 is 0 Å². The third kappa shape index (κ3) is 5.04. The van der Waals surface area contributed by atoms with Crippen molar-refractivity contribution in [3.8, 4) is 5.75 Å². The molecule has 4 nitrogen and oxygen atoms in total. The average Bonchev–Trinajstić information content (AvgIpc) is 2.82. The Labute approximate surface area is 180 Å². The summed E-state index contributed by atoms with van der Waals surface area (Å²) >= 11 is 0. The fourth-order valence-corrected chi connectivity index (χ4v) is 4.92. The van der Waals surface area contributed by atoms with E-state index in [0.29, 0.717) is 6.61 Å². The number of benzene rings is 2. The van der Waals surface area contributed by atoms with E-state index < -0.39 is 5.41 Å². The van der Waals surface area contributed by atoms with E-state index in [1.54, 1.807) is 0 Å². The standard InChI is InChI=1S/C26H34N2O2/c29-25(26(16-6-2-7-17-26)22-10-4-1-5-11-22)27-23-12-14-24(15-13-23)30-21-20-28-18-8-3-9-19-28/h1,4-5,10-15H,2-3,6-9,16-21H2,(H,27,29). The maximum Gasteiger partial charge on any atom is 0.235 e. The van der Waals surface area contributed by atoms with E-state index in [9.17, 15) is 4.79 Å². The summed E-state index contributed by atoms with van der Waals surface area (Å²) in [6.07, 6.45) is 9.22. The Balaban J connectivity index is 1.35. The highest BCUT2D eigenvalue weighted by Gasteiger charge is 2.40. The quantitative estimate of drug-likeness (QED) is 0.670. The Morgan fingerprint density at radius 1 is 0.867 bits per heavy atom. The van der Waals surface area contributed by atoms with Crippen LogP contribution in [0.4, 0.5) is 5.69 Å². The molecule has 1 heterocycles. The monoisotopic (exact) mass is 406 g/mol. The lowest BCUT2D eigenvalue weighted by Crippen LogP contribution is -2.42. The molecule has 30 heavy (non-hydrogen) atoms. The third-order valence-corrected chi connectivity index (χ3v) is 6.71. The van der Waals surface area contributed by atoms with Crippen LogP contribution in [0.1, 0.15) is 56.9 Å². The van der Waals surface area contributed by atoms with Crippen LogP contribution in [0.5, 0.6) is 5.75 Å². The SMILES string of the molecule is O=C(Nc1ccc(OCCN2CCCCC2)cc1)C1(c2ccccc2)CCCCC1. The summed E-state index contributed by atoms with van der Waals surface area (Å²) in [5.74, 6) is 0.979. The largest absolute Gasteiger partial charge is 0.492 e. The number of ether oxygens (including phenoxy) is 1. The molecule has 1 amide bonds. The number of piperidine rings is 1. The molecule has 4 heteroatoms. The van der Waals surface area contributed by atoms with Gasteiger partial charge in [0.1, 0.15) is 12.4 Å². The van der Waals surface area contributed by atoms with E-state index in [4.69, 9.17) is 4.74 Å². The van der Waals surface area contributed by atoms with Crippen LogP contribution in [0.3, 0.4) is 0 Å². The van der Waals surface area contributed by atoms with Gasteiger partial charge in [0, 0.05) is 12.2 Å². The average molecular weight is 407 g/mol. The van der Waals surface area contributed by atoms with Crippen molar-refractivity contribution >= 4 is 11.6 Å². The lowest BCUT2D eigenvalue weighted by molar-refractivity contribution is -0.122. The molecule has 2 fully saturated rings. The van der Waals surface area contributed by atoms with Gasteiger partial charge in [-0.2, -0.15) is 0 Å². The molecule has 4 rings (SSSR count). The van der Waals surface area contributed by atoms with E-state index in [1.807, 2.05) is 42.5 Å². The van der Waals surface area contributed by atoms with Crippen LogP contribution in [0.25, 0.3) is 0 Å². The Hall–Kier alpha value is -2.33. The highest BCUT2D eigenvalue weighted by Crippen LogP contribution is 2.40. The van der Waals surface area contributed by atoms with Crippen molar-refractivity contribution in [1.29, 1.82) is 0 Å². The predicted octanol–water partition coefficient (Wildman–Crippen LogP) is 5.39. The number of amides is 1. The van der Waals surface area contributed by atoms with Crippen molar-refractivity contribution in [1.82, 2.24) is 4.90 Å². The summed E-state index contributed by atoms with van der Waals surface area (Å²) in [6, 6.07) is 18.1. The van der Waals surface area contributed by atoms with Gasteiger partial charge in [0.2, 0.25) is 5.91 Å². The minimum absolute atomic E-state index is 0.118. The van der Waals surface area contributed by atoms with Crippen molar-refractivity contribution in [3.63, 3.8) is 0 Å². The Bertz CT molecular complexity index is 792. The molecule has 2 aromatic carbocycles. The summed E-state index contributed by atoms with van der Waals surface area (Å²) in [4.78, 5) is 15.9. The second kappa shape index (κ2) is 10.1. The van der Waals surface area contributed by atoms with E-state index in [2.05, 4.69) is 22.3 Å². The number of hydrogen-bond acceptors (Lipinski definition) is 3. The number of carbonyl (C=O) groups excluding carboxylic acids is 1. The van der Waals surface area contributed by atoms with Crippen LogP contribution in [0.2, 0.25) is 0 Å². The summed E-state index contributed by atoms with van der Waals surface area (Å²) < 4.78 is 5.92. The van der Waals surface area contributed by atoms with Crippen molar-refractivity contribution in [2.45, 2.75) is 56.8 Å². The Kier molecular flexibility index (Phi) is 7.06. The van der Waals surface area contributed by atoms with Gasteiger partial charge < -0.3 is 10.1 Å². The maximum absolute atomic E-state index is 13.4. The molecular weight excluding hydrogens is 372 g/mol. The van der Waals surface area contributed by atoms with Crippen LogP contribution in [-0.4, -0.2) is 37.0 Å². The van der Waals surface area contributed by atoms with Crippen molar-refractivity contribution < 1.29 is 9.53 Å². The van der Waals surface area contributed by atoms with Crippen LogP contribution >= 0.6 is 0 Å². The second-order valence-corrected chi connectivity index (χ2v) is 8.74. The van der Waals surface area contributed by atoms with Gasteiger partial charge in [0.05, 0.1) is 5.41 Å². The maximum atomic E-state index is 13.4. The van der Waals surface area contributed by atoms with E-state index in [1.165, 1.54) is 38.8 Å². The van der Waals surface area contributed by atoms with Crippen molar-refractivity contribution in [3.05, 3.63) is 60.2 Å². The molecule has 1 saturated carbocycles. The van der Waals surface area contributed by atoms with Gasteiger partial charge >= 0.3 is 0 Å². The number of nitrogens with one attached hydrogen (secondary N) is 1. The number of carbonyl (C=O) groups is 1. The summed E-state index contributed by atoms with van der Waals surface area (Å²) in [5.41, 5.74) is 1.56. The molecule has 2 aromatic rings. The molecule has 0 radical (unpaired) electrons. The fourth-order valence-electron chi connectivity index (χ4n) is 4.92. The Morgan fingerprint density at radius 3 is 2.23 bits per heavy atom. The number of likely N-dealkylation sites (tertiary alicyclic amines) is 1. The lowest BCUT2D eigenvalue weighted by Gasteiger charge is -2.36. The minimum Gasteiger partial charge on any atom is -0.492 e. The fraction of sp³-hybridized carbons (Fsp3) is 0.500. The molecule has 0 spiro atoms. The zero-order chi connectivity index (χ0) is 20.7. The van der Waals surface area contributed by atoms with Gasteiger partial charge in [-0.3, -0.25) is 9.69 Å². The minimum atomic E-state index is -0.414. The van der Waals surface area contributed by atoms with Gasteiger partial charge in [-0.15, -0.1) is 0 Å². The molecule has 0 aromatic heterocycles. The molecular formula is C26H34N2O2. The van der Waals surface area contributed by atoms with Gasteiger partial charge in [-0.05, 0) is 68.6 Å².